The van der Waals surface area contributed by atoms with E-state index in [-0.39, 0.29) is 62.5 Å². The van der Waals surface area contributed by atoms with E-state index in [0.717, 1.165) is 34.0 Å². The molecule has 0 aliphatic carbocycles. The molecule has 2 atom stereocenters. The fraction of sp³-hybridized carbons (Fsp3) is 0.316. The molecule has 11 nitrogen and oxygen atoms in total. The van der Waals surface area contributed by atoms with E-state index in [2.05, 4.69) is 23.4 Å². The van der Waals surface area contributed by atoms with Crippen LogP contribution in [0.2, 0.25) is 0 Å². The maximum atomic E-state index is 14.5. The number of aryl methyl sites for hydroxylation is 1. The molecule has 2 saturated heterocycles. The molecule has 2 fully saturated rings. The van der Waals surface area contributed by atoms with E-state index in [0.29, 0.717) is 12.1 Å². The molecular formula is C38H42N6O5. The number of amides is 4. The van der Waals surface area contributed by atoms with Crippen LogP contribution < -0.4 is 5.32 Å². The highest BCUT2D eigenvalue weighted by molar-refractivity contribution is 6.07. The third kappa shape index (κ3) is 6.80. The lowest BCUT2D eigenvalue weighted by atomic mass is 9.98. The Morgan fingerprint density at radius 1 is 1.00 bits per heavy atom. The predicted molar refractivity (Wildman–Crippen MR) is 186 cm³/mol. The van der Waals surface area contributed by atoms with Crippen molar-refractivity contribution < 1.29 is 24.3 Å². The Balaban J connectivity index is 1.40. The predicted octanol–water partition coefficient (Wildman–Crippen LogP) is 4.70. The number of nitrogens with zero attached hydrogens (tertiary/aromatic N) is 5. The molecule has 4 amide bonds. The number of phenolic OH excluding ortho intramolecular Hbond substituents is 1. The van der Waals surface area contributed by atoms with Gasteiger partial charge in [0, 0.05) is 49.7 Å². The number of hydrogen-bond donors (Lipinski definition) is 2. The molecule has 6 rings (SSSR count). The van der Waals surface area contributed by atoms with Gasteiger partial charge in [-0.25, -0.2) is 14.8 Å². The molecule has 49 heavy (non-hydrogen) atoms. The molecule has 0 spiro atoms. The van der Waals surface area contributed by atoms with Gasteiger partial charge in [-0.05, 0) is 42.2 Å². The van der Waals surface area contributed by atoms with E-state index in [4.69, 9.17) is 0 Å². The molecular weight excluding hydrogens is 620 g/mol. The summed E-state index contributed by atoms with van der Waals surface area (Å²) in [6, 6.07) is 20.7. The van der Waals surface area contributed by atoms with Crippen molar-refractivity contribution in [3.63, 3.8) is 0 Å². The van der Waals surface area contributed by atoms with Gasteiger partial charge in [0.25, 0.3) is 0 Å². The first-order valence-corrected chi connectivity index (χ1v) is 16.7. The normalized spacial score (nSPS) is 18.1. The van der Waals surface area contributed by atoms with Crippen LogP contribution in [-0.2, 0) is 35.6 Å². The molecule has 2 N–H and O–H groups in total. The minimum absolute atomic E-state index is 0.0316. The Labute approximate surface area is 286 Å². The summed E-state index contributed by atoms with van der Waals surface area (Å²) in [6.07, 6.45) is 3.79. The van der Waals surface area contributed by atoms with E-state index in [1.807, 2.05) is 54.7 Å². The average Bonchev–Trinajstić information content (AvgIpc) is 3.47. The molecule has 4 aromatic rings. The summed E-state index contributed by atoms with van der Waals surface area (Å²) in [6.45, 7) is 8.93. The summed E-state index contributed by atoms with van der Waals surface area (Å²) in [7, 11) is 0. The lowest BCUT2D eigenvalue weighted by Gasteiger charge is -2.55. The highest BCUT2D eigenvalue weighted by Crippen LogP contribution is 2.32. The number of hydrazine groups is 1. The quantitative estimate of drug-likeness (QED) is 0.178. The van der Waals surface area contributed by atoms with Crippen LogP contribution in [0.25, 0.3) is 10.9 Å². The van der Waals surface area contributed by atoms with Gasteiger partial charge in [0.05, 0.1) is 18.6 Å². The number of urea groups is 1. The number of carbonyl (C=O) groups is 4. The van der Waals surface area contributed by atoms with Crippen LogP contribution in [0.15, 0.2) is 91.6 Å². The number of aromatic hydroxyl groups is 1. The number of phenols is 1. The Morgan fingerprint density at radius 3 is 2.45 bits per heavy atom. The number of benzene rings is 3. The second-order valence-electron chi connectivity index (χ2n) is 12.6. The summed E-state index contributed by atoms with van der Waals surface area (Å²) >= 11 is 0. The molecule has 3 heterocycles. The first-order valence-electron chi connectivity index (χ1n) is 16.7. The van der Waals surface area contributed by atoms with Crippen LogP contribution in [0.5, 0.6) is 5.75 Å². The van der Waals surface area contributed by atoms with Crippen LogP contribution in [0, 0.1) is 0 Å². The summed E-state index contributed by atoms with van der Waals surface area (Å²) < 4.78 is 2.08. The summed E-state index contributed by atoms with van der Waals surface area (Å²) in [5.41, 5.74) is 4.09. The number of nitrogens with one attached hydrogen (secondary N) is 1. The van der Waals surface area contributed by atoms with Gasteiger partial charge in [0.15, 0.2) is 5.78 Å². The Bertz CT molecular complexity index is 1870. The van der Waals surface area contributed by atoms with Gasteiger partial charge in [0.2, 0.25) is 11.8 Å². The molecule has 0 bridgehead atoms. The molecule has 2 aliphatic heterocycles. The van der Waals surface area contributed by atoms with Gasteiger partial charge in [-0.15, -0.1) is 6.58 Å². The Hall–Kier alpha value is -5.42. The van der Waals surface area contributed by atoms with Crippen molar-refractivity contribution in [1.82, 2.24) is 29.7 Å². The third-order valence-electron chi connectivity index (χ3n) is 9.22. The van der Waals surface area contributed by atoms with Crippen molar-refractivity contribution in [1.29, 1.82) is 0 Å². The van der Waals surface area contributed by atoms with Crippen LogP contribution in [-0.4, -0.2) is 85.0 Å². The van der Waals surface area contributed by atoms with Crippen molar-refractivity contribution in [3.05, 3.63) is 114 Å². The van der Waals surface area contributed by atoms with E-state index < -0.39 is 18.2 Å². The van der Waals surface area contributed by atoms with Crippen LogP contribution in [0.3, 0.4) is 0 Å². The summed E-state index contributed by atoms with van der Waals surface area (Å²) in [4.78, 5) is 58.4. The van der Waals surface area contributed by atoms with Gasteiger partial charge in [-0.2, -0.15) is 0 Å². The van der Waals surface area contributed by atoms with Gasteiger partial charge in [0.1, 0.15) is 18.0 Å². The molecule has 3 aromatic carbocycles. The van der Waals surface area contributed by atoms with Crippen LogP contribution in [0.4, 0.5) is 4.79 Å². The van der Waals surface area contributed by atoms with Crippen molar-refractivity contribution in [2.45, 2.75) is 58.5 Å². The Kier molecular flexibility index (Phi) is 9.82. The smallest absolute Gasteiger partial charge is 0.334 e. The van der Waals surface area contributed by atoms with Crippen LogP contribution >= 0.6 is 0 Å². The number of hydrogen-bond acceptors (Lipinski definition) is 6. The number of para-hydroxylation sites is 1. The maximum Gasteiger partial charge on any atom is 0.334 e. The maximum absolute atomic E-state index is 14.5. The summed E-state index contributed by atoms with van der Waals surface area (Å²) in [5, 5.41) is 17.0. The van der Waals surface area contributed by atoms with E-state index in [9.17, 15) is 24.3 Å². The van der Waals surface area contributed by atoms with E-state index in [1.54, 1.807) is 57.1 Å². The fourth-order valence-corrected chi connectivity index (χ4v) is 7.02. The first kappa shape index (κ1) is 33.5. The number of carbonyl (C=O) groups excluding carboxylic acids is 4. The standard InChI is InChI=1S/C38H42N6O5/c1-4-18-40-23-32(26(3)45)31-13-9-12-29(36(31)40)22-41-24-34-43(33(37(41)48)20-27-14-16-30(46)17-15-27)35(47)25-42(19-5-2)44(34)38(49)39-21-28-10-7-6-8-11-28/h5-17,23,33-34,46H,2,4,18-22,24-25H2,1,3H3,(H,39,49). The van der Waals surface area contributed by atoms with Gasteiger partial charge in [-0.3, -0.25) is 14.4 Å². The van der Waals surface area contributed by atoms with Gasteiger partial charge < -0.3 is 24.8 Å². The highest BCUT2D eigenvalue weighted by Gasteiger charge is 2.51. The third-order valence-corrected chi connectivity index (χ3v) is 9.22. The number of Topliss-reactive ketones (excluding diaryl/α,β-unsaturated/α-hetero) is 1. The zero-order valence-electron chi connectivity index (χ0n) is 27.9. The molecule has 2 unspecified atom stereocenters. The first-order chi connectivity index (χ1) is 23.7. The monoisotopic (exact) mass is 662 g/mol. The summed E-state index contributed by atoms with van der Waals surface area (Å²) in [5.74, 6) is -0.435. The highest BCUT2D eigenvalue weighted by atomic mass is 16.3. The zero-order chi connectivity index (χ0) is 34.7. The number of aromatic nitrogens is 1. The second-order valence-corrected chi connectivity index (χ2v) is 12.6. The van der Waals surface area contributed by atoms with Gasteiger partial charge in [-0.1, -0.05) is 73.7 Å². The van der Waals surface area contributed by atoms with E-state index in [1.165, 1.54) is 0 Å². The Morgan fingerprint density at radius 2 is 1.76 bits per heavy atom. The second kappa shape index (κ2) is 14.4. The number of rotatable bonds is 11. The topological polar surface area (TPSA) is 118 Å². The van der Waals surface area contributed by atoms with Gasteiger partial charge >= 0.3 is 6.03 Å². The van der Waals surface area contributed by atoms with Crippen molar-refractivity contribution in [2.75, 3.05) is 19.6 Å². The minimum Gasteiger partial charge on any atom is -0.508 e. The molecule has 254 valence electrons. The lowest BCUT2D eigenvalue weighted by Crippen LogP contribution is -2.76. The molecule has 1 aromatic heterocycles. The molecule has 0 saturated carbocycles. The van der Waals surface area contributed by atoms with Crippen LogP contribution in [0.1, 0.15) is 47.3 Å². The van der Waals surface area contributed by atoms with Crippen molar-refractivity contribution in [2.24, 2.45) is 0 Å². The molecule has 0 radical (unpaired) electrons. The molecule has 2 aliphatic rings. The number of fused-ring (bicyclic) bond motifs is 2. The van der Waals surface area contributed by atoms with E-state index >= 15 is 0 Å². The van der Waals surface area contributed by atoms with Crippen molar-refractivity contribution >= 4 is 34.5 Å². The average molecular weight is 663 g/mol. The zero-order valence-corrected chi connectivity index (χ0v) is 27.9. The van der Waals surface area contributed by atoms with Crippen molar-refractivity contribution in [3.8, 4) is 5.75 Å². The lowest BCUT2D eigenvalue weighted by molar-refractivity contribution is -0.189. The fourth-order valence-electron chi connectivity index (χ4n) is 7.02. The SMILES string of the molecule is C=CCN1CC(=O)N2C(Cc3ccc(O)cc3)C(=O)N(Cc3cccc4c(C(C)=O)cn(CCC)c34)CC2N1C(=O)NCc1ccccc1. The largest absolute Gasteiger partial charge is 0.508 e. The number of ketones is 1. The number of piperazine rings is 1. The minimum atomic E-state index is -0.902. The molecule has 11 heteroatoms.